The molecule has 0 atom stereocenters. The van der Waals surface area contributed by atoms with E-state index in [4.69, 9.17) is 61.9 Å². The van der Waals surface area contributed by atoms with E-state index in [1.807, 2.05) is 6.92 Å². The van der Waals surface area contributed by atoms with E-state index in [1.54, 1.807) is 0 Å². The van der Waals surface area contributed by atoms with Gasteiger partial charge in [0.2, 0.25) is 0 Å². The molecule has 0 bridgehead atoms. The zero-order valence-electron chi connectivity index (χ0n) is 27.3. The monoisotopic (exact) mass is 658 g/mol. The molecule has 0 aliphatic carbocycles. The summed E-state index contributed by atoms with van der Waals surface area (Å²) in [5, 5.41) is 8.54. The lowest BCUT2D eigenvalue weighted by Gasteiger charge is -2.09. The molecule has 0 aliphatic heterocycles. The topological polar surface area (TPSA) is 165 Å². The maximum atomic E-state index is 11.5. The number of hydrogen-bond acceptors (Lipinski definition) is 14. The molecule has 0 radical (unpaired) electrons. The van der Waals surface area contributed by atoms with Crippen LogP contribution in [0.5, 0.6) is 0 Å². The van der Waals surface area contributed by atoms with Crippen LogP contribution in [0, 0.1) is 0 Å². The van der Waals surface area contributed by atoms with Gasteiger partial charge in [-0.1, -0.05) is 0 Å². The van der Waals surface area contributed by atoms with Crippen molar-refractivity contribution in [3.8, 4) is 0 Å². The number of esters is 1. The average molecular weight is 659 g/mol. The van der Waals surface area contributed by atoms with Crippen LogP contribution in [0.4, 0.5) is 0 Å². The summed E-state index contributed by atoms with van der Waals surface area (Å²) in [6.45, 7) is 13.0. The standard InChI is InChI=1S/C30H58O15/c1-2-34-7-8-35-9-10-36-11-12-37-13-14-38-15-16-39-17-18-40-19-20-41-21-22-42-23-24-43-25-26-44-27-28-45-30(33)6-4-3-5-29(31)32/h2-28H2,1H3,(H,31,32). The fourth-order valence-corrected chi connectivity index (χ4v) is 3.18. The van der Waals surface area contributed by atoms with E-state index < -0.39 is 5.97 Å². The summed E-state index contributed by atoms with van der Waals surface area (Å²) in [6.07, 6.45) is 1.24. The van der Waals surface area contributed by atoms with Crippen molar-refractivity contribution in [2.24, 2.45) is 0 Å². The van der Waals surface area contributed by atoms with Crippen molar-refractivity contribution in [1.82, 2.24) is 0 Å². The Labute approximate surface area is 268 Å². The highest BCUT2D eigenvalue weighted by Gasteiger charge is 2.04. The molecule has 0 amide bonds. The molecule has 0 aromatic carbocycles. The molecule has 268 valence electrons. The van der Waals surface area contributed by atoms with Crippen molar-refractivity contribution in [3.05, 3.63) is 0 Å². The number of carboxylic acid groups (broad SMARTS) is 1. The molecule has 0 fully saturated rings. The van der Waals surface area contributed by atoms with E-state index in [0.29, 0.717) is 152 Å². The summed E-state index contributed by atoms with van der Waals surface area (Å²) in [4.78, 5) is 21.9. The quantitative estimate of drug-likeness (QED) is 0.0743. The molecule has 0 saturated heterocycles. The highest BCUT2D eigenvalue weighted by molar-refractivity contribution is 5.69. The van der Waals surface area contributed by atoms with Crippen molar-refractivity contribution >= 4 is 11.9 Å². The lowest BCUT2D eigenvalue weighted by Crippen LogP contribution is -2.15. The number of ether oxygens (including phenoxy) is 12. The lowest BCUT2D eigenvalue weighted by molar-refractivity contribution is -0.146. The third-order valence-electron chi connectivity index (χ3n) is 5.44. The zero-order valence-corrected chi connectivity index (χ0v) is 27.3. The van der Waals surface area contributed by atoms with Crippen LogP contribution in [-0.2, 0) is 66.4 Å². The lowest BCUT2D eigenvalue weighted by atomic mass is 10.2. The van der Waals surface area contributed by atoms with E-state index in [2.05, 4.69) is 0 Å². The fourth-order valence-electron chi connectivity index (χ4n) is 3.18. The van der Waals surface area contributed by atoms with Gasteiger partial charge in [-0.25, -0.2) is 0 Å². The van der Waals surface area contributed by atoms with Crippen molar-refractivity contribution in [2.75, 3.05) is 152 Å². The molecule has 15 heteroatoms. The minimum Gasteiger partial charge on any atom is -0.481 e. The summed E-state index contributed by atoms with van der Waals surface area (Å²) in [7, 11) is 0. The Bertz CT molecular complexity index is 612. The number of hydrogen-bond donors (Lipinski definition) is 1. The second-order valence-electron chi connectivity index (χ2n) is 9.14. The molecule has 15 nitrogen and oxygen atoms in total. The van der Waals surface area contributed by atoms with Gasteiger partial charge in [0, 0.05) is 19.4 Å². The zero-order chi connectivity index (χ0) is 32.7. The molecule has 0 saturated carbocycles. The first-order valence-electron chi connectivity index (χ1n) is 15.9. The summed E-state index contributed by atoms with van der Waals surface area (Å²) < 4.78 is 64.4. The van der Waals surface area contributed by atoms with Crippen molar-refractivity contribution in [1.29, 1.82) is 0 Å². The van der Waals surface area contributed by atoms with E-state index >= 15 is 0 Å². The predicted octanol–water partition coefficient (Wildman–Crippen LogP) is 1.38. The summed E-state index contributed by atoms with van der Waals surface area (Å²) in [6, 6.07) is 0. The number of carbonyl (C=O) groups is 2. The smallest absolute Gasteiger partial charge is 0.305 e. The number of rotatable bonds is 39. The van der Waals surface area contributed by atoms with Gasteiger partial charge in [0.05, 0.1) is 139 Å². The Hall–Kier alpha value is -1.50. The SMILES string of the molecule is CCOCCOCCOCCOCCOCCOCCOCCOCCOCCOCCOCCOC(=O)CCCCC(=O)O. The van der Waals surface area contributed by atoms with E-state index in [-0.39, 0.29) is 32.0 Å². The molecule has 0 aromatic heterocycles. The number of aliphatic carboxylic acids is 1. The van der Waals surface area contributed by atoms with E-state index in [9.17, 15) is 9.59 Å². The van der Waals surface area contributed by atoms with Crippen LogP contribution in [0.15, 0.2) is 0 Å². The molecule has 0 aliphatic rings. The first-order valence-corrected chi connectivity index (χ1v) is 15.9. The number of carbonyl (C=O) groups excluding carboxylic acids is 1. The number of unbranched alkanes of at least 4 members (excludes halogenated alkanes) is 1. The third-order valence-corrected chi connectivity index (χ3v) is 5.44. The van der Waals surface area contributed by atoms with Gasteiger partial charge < -0.3 is 61.9 Å². The summed E-state index contributed by atoms with van der Waals surface area (Å²) >= 11 is 0. The van der Waals surface area contributed by atoms with E-state index in [0.717, 1.165) is 0 Å². The van der Waals surface area contributed by atoms with Crippen LogP contribution in [-0.4, -0.2) is 169 Å². The molecular formula is C30H58O15. The molecule has 0 unspecified atom stereocenters. The number of carboxylic acids is 1. The summed E-state index contributed by atoms with van der Waals surface area (Å²) in [5.41, 5.74) is 0. The predicted molar refractivity (Wildman–Crippen MR) is 162 cm³/mol. The van der Waals surface area contributed by atoms with Crippen molar-refractivity contribution in [2.45, 2.75) is 32.6 Å². The normalized spacial score (nSPS) is 11.3. The highest BCUT2D eigenvalue weighted by atomic mass is 16.6. The minimum absolute atomic E-state index is 0.0606. The van der Waals surface area contributed by atoms with Gasteiger partial charge in [-0.15, -0.1) is 0 Å². The Balaban J connectivity index is 3.09. The fraction of sp³-hybridized carbons (Fsp3) is 0.933. The highest BCUT2D eigenvalue weighted by Crippen LogP contribution is 2.01. The third kappa shape index (κ3) is 40.5. The van der Waals surface area contributed by atoms with Gasteiger partial charge in [0.1, 0.15) is 6.61 Å². The summed E-state index contributed by atoms with van der Waals surface area (Å²) in [5.74, 6) is -1.21. The van der Waals surface area contributed by atoms with Gasteiger partial charge in [-0.2, -0.15) is 0 Å². The molecule has 0 aromatic rings. The van der Waals surface area contributed by atoms with Gasteiger partial charge in [0.25, 0.3) is 0 Å². The van der Waals surface area contributed by atoms with Crippen LogP contribution in [0.2, 0.25) is 0 Å². The molecule has 45 heavy (non-hydrogen) atoms. The first-order chi connectivity index (χ1) is 22.2. The molecule has 0 spiro atoms. The average Bonchev–Trinajstić information content (AvgIpc) is 3.03. The Morgan fingerprint density at radius 2 is 0.622 bits per heavy atom. The molecule has 0 heterocycles. The van der Waals surface area contributed by atoms with Crippen LogP contribution in [0.3, 0.4) is 0 Å². The van der Waals surface area contributed by atoms with E-state index in [1.165, 1.54) is 0 Å². The van der Waals surface area contributed by atoms with Crippen LogP contribution >= 0.6 is 0 Å². The second kappa shape index (κ2) is 38.7. The Kier molecular flexibility index (Phi) is 37.4. The van der Waals surface area contributed by atoms with Crippen molar-refractivity contribution in [3.63, 3.8) is 0 Å². The largest absolute Gasteiger partial charge is 0.481 e. The molecular weight excluding hydrogens is 600 g/mol. The van der Waals surface area contributed by atoms with Gasteiger partial charge in [-0.05, 0) is 19.8 Å². The Morgan fingerprint density at radius 3 is 0.889 bits per heavy atom. The Morgan fingerprint density at radius 1 is 0.378 bits per heavy atom. The van der Waals surface area contributed by atoms with Gasteiger partial charge in [-0.3, -0.25) is 9.59 Å². The van der Waals surface area contributed by atoms with Gasteiger partial charge >= 0.3 is 11.9 Å². The minimum atomic E-state index is -0.863. The van der Waals surface area contributed by atoms with Crippen LogP contribution < -0.4 is 0 Å². The second-order valence-corrected chi connectivity index (χ2v) is 9.14. The van der Waals surface area contributed by atoms with Gasteiger partial charge in [0.15, 0.2) is 0 Å². The van der Waals surface area contributed by atoms with Crippen molar-refractivity contribution < 1.29 is 71.5 Å². The maximum absolute atomic E-state index is 11.5. The first kappa shape index (κ1) is 43.5. The maximum Gasteiger partial charge on any atom is 0.305 e. The van der Waals surface area contributed by atoms with Crippen LogP contribution in [0.1, 0.15) is 32.6 Å². The molecule has 1 N–H and O–H groups in total. The van der Waals surface area contributed by atoms with Crippen LogP contribution in [0.25, 0.3) is 0 Å². The molecule has 0 rings (SSSR count).